The highest BCUT2D eigenvalue weighted by molar-refractivity contribution is 4.45. The molecule has 1 saturated heterocycles. The van der Waals surface area contributed by atoms with Gasteiger partial charge < -0.3 is 15.5 Å². The molecule has 1 aliphatic rings. The first kappa shape index (κ1) is 9.96. The number of likely N-dealkylation sites (N-methyl/N-ethyl adjacent to an activating group) is 1. The molecular formula is C9H24N3+3. The molecule has 72 valence electrons. The number of quaternary nitrogens is 3. The Kier molecular flexibility index (Phi) is 3.98. The topological polar surface area (TPSA) is 36.5 Å². The lowest BCUT2D eigenvalue weighted by Crippen LogP contribution is -3.30. The lowest BCUT2D eigenvalue weighted by atomic mass is 10.2. The Morgan fingerprint density at radius 1 is 1.25 bits per heavy atom. The SMILES string of the molecule is CC[NH+]1CC[NH+]([C@H](C)C[NH3+])CC1. The Morgan fingerprint density at radius 3 is 2.25 bits per heavy atom. The first-order chi connectivity index (χ1) is 5.77. The molecule has 0 aromatic rings. The van der Waals surface area contributed by atoms with Crippen LogP contribution < -0.4 is 15.5 Å². The smallest absolute Gasteiger partial charge is 0.134 e. The van der Waals surface area contributed by atoms with Crippen LogP contribution in [0.3, 0.4) is 0 Å². The quantitative estimate of drug-likeness (QED) is 0.396. The third kappa shape index (κ3) is 2.44. The van der Waals surface area contributed by atoms with Gasteiger partial charge in [0.25, 0.3) is 0 Å². The lowest BCUT2D eigenvalue weighted by molar-refractivity contribution is -1.02. The molecule has 0 aromatic carbocycles. The van der Waals surface area contributed by atoms with Crippen LogP contribution in [0.1, 0.15) is 13.8 Å². The standard InChI is InChI=1S/C9H21N3/c1-3-11-4-6-12(7-5-11)9(2)8-10/h9H,3-8,10H2,1-2H3/p+3/t9-/m1/s1. The van der Waals surface area contributed by atoms with E-state index in [1.165, 1.54) is 32.7 Å². The zero-order valence-corrected chi connectivity index (χ0v) is 8.53. The summed E-state index contributed by atoms with van der Waals surface area (Å²) in [5.74, 6) is 0. The second kappa shape index (κ2) is 4.80. The summed E-state index contributed by atoms with van der Waals surface area (Å²) in [5, 5.41) is 0. The maximum atomic E-state index is 3.97. The average Bonchev–Trinajstić information content (AvgIpc) is 2.17. The Labute approximate surface area is 75.5 Å². The Bertz CT molecular complexity index is 119. The molecule has 5 N–H and O–H groups in total. The van der Waals surface area contributed by atoms with E-state index in [0.29, 0.717) is 0 Å². The van der Waals surface area contributed by atoms with E-state index in [1.54, 1.807) is 9.80 Å². The van der Waals surface area contributed by atoms with Crippen molar-refractivity contribution in [3.8, 4) is 0 Å². The van der Waals surface area contributed by atoms with E-state index in [1.807, 2.05) is 0 Å². The van der Waals surface area contributed by atoms with Crippen molar-refractivity contribution in [3.05, 3.63) is 0 Å². The maximum absolute atomic E-state index is 3.97. The van der Waals surface area contributed by atoms with Crippen molar-refractivity contribution in [2.24, 2.45) is 0 Å². The van der Waals surface area contributed by atoms with Crippen LogP contribution in [0, 0.1) is 0 Å². The summed E-state index contributed by atoms with van der Waals surface area (Å²) in [7, 11) is 0. The van der Waals surface area contributed by atoms with Gasteiger partial charge in [-0.2, -0.15) is 0 Å². The fraction of sp³-hybridized carbons (Fsp3) is 1.00. The van der Waals surface area contributed by atoms with E-state index >= 15 is 0 Å². The molecule has 0 spiro atoms. The molecule has 0 bridgehead atoms. The summed E-state index contributed by atoms with van der Waals surface area (Å²) in [6.07, 6.45) is 0. The third-order valence-corrected chi connectivity index (χ3v) is 3.23. The van der Waals surface area contributed by atoms with Crippen molar-refractivity contribution < 1.29 is 15.5 Å². The zero-order chi connectivity index (χ0) is 8.97. The summed E-state index contributed by atoms with van der Waals surface area (Å²) >= 11 is 0. The van der Waals surface area contributed by atoms with Gasteiger partial charge in [0.2, 0.25) is 0 Å². The third-order valence-electron chi connectivity index (χ3n) is 3.23. The zero-order valence-electron chi connectivity index (χ0n) is 8.53. The summed E-state index contributed by atoms with van der Waals surface area (Å²) in [6, 6.07) is 0.767. The molecule has 0 amide bonds. The summed E-state index contributed by atoms with van der Waals surface area (Å²) < 4.78 is 0. The van der Waals surface area contributed by atoms with Gasteiger partial charge in [0.1, 0.15) is 38.8 Å². The first-order valence-corrected chi connectivity index (χ1v) is 5.25. The van der Waals surface area contributed by atoms with Crippen LogP contribution in [0.2, 0.25) is 0 Å². The van der Waals surface area contributed by atoms with Gasteiger partial charge >= 0.3 is 0 Å². The predicted molar refractivity (Wildman–Crippen MR) is 49.2 cm³/mol. The fourth-order valence-corrected chi connectivity index (χ4v) is 1.98. The Morgan fingerprint density at radius 2 is 1.83 bits per heavy atom. The van der Waals surface area contributed by atoms with Crippen LogP contribution in [0.4, 0.5) is 0 Å². The van der Waals surface area contributed by atoms with Crippen molar-refractivity contribution in [2.75, 3.05) is 39.3 Å². The van der Waals surface area contributed by atoms with Crippen LogP contribution in [0.5, 0.6) is 0 Å². The Balaban J connectivity index is 2.25. The highest BCUT2D eigenvalue weighted by Gasteiger charge is 2.25. The summed E-state index contributed by atoms with van der Waals surface area (Å²) in [6.45, 7) is 12.4. The van der Waals surface area contributed by atoms with Crippen LogP contribution in [-0.2, 0) is 0 Å². The van der Waals surface area contributed by atoms with E-state index in [4.69, 9.17) is 0 Å². The minimum atomic E-state index is 0.767. The van der Waals surface area contributed by atoms with Crippen LogP contribution in [0.15, 0.2) is 0 Å². The summed E-state index contributed by atoms with van der Waals surface area (Å²) in [4.78, 5) is 3.54. The van der Waals surface area contributed by atoms with Crippen molar-refractivity contribution in [1.82, 2.24) is 0 Å². The minimum Gasteiger partial charge on any atom is -0.353 e. The van der Waals surface area contributed by atoms with Gasteiger partial charge in [-0.1, -0.05) is 0 Å². The van der Waals surface area contributed by atoms with E-state index in [9.17, 15) is 0 Å². The van der Waals surface area contributed by atoms with Gasteiger partial charge in [-0.25, -0.2) is 0 Å². The number of rotatable bonds is 3. The van der Waals surface area contributed by atoms with Crippen molar-refractivity contribution >= 4 is 0 Å². The van der Waals surface area contributed by atoms with Crippen molar-refractivity contribution in [3.63, 3.8) is 0 Å². The van der Waals surface area contributed by atoms with E-state index in [-0.39, 0.29) is 0 Å². The van der Waals surface area contributed by atoms with Crippen molar-refractivity contribution in [2.45, 2.75) is 19.9 Å². The van der Waals surface area contributed by atoms with Crippen LogP contribution in [-0.4, -0.2) is 45.3 Å². The number of nitrogens with one attached hydrogen (secondary N) is 2. The molecule has 1 aliphatic heterocycles. The molecular weight excluding hydrogens is 150 g/mol. The molecule has 1 heterocycles. The molecule has 3 nitrogen and oxygen atoms in total. The average molecular weight is 174 g/mol. The number of piperazine rings is 1. The molecule has 0 aliphatic carbocycles. The van der Waals surface area contributed by atoms with Crippen LogP contribution in [0.25, 0.3) is 0 Å². The highest BCUT2D eigenvalue weighted by Crippen LogP contribution is 1.68. The van der Waals surface area contributed by atoms with Crippen LogP contribution >= 0.6 is 0 Å². The van der Waals surface area contributed by atoms with Gasteiger partial charge in [0.05, 0.1) is 6.54 Å². The molecule has 3 heteroatoms. The molecule has 1 rings (SSSR count). The largest absolute Gasteiger partial charge is 0.353 e. The summed E-state index contributed by atoms with van der Waals surface area (Å²) in [5.41, 5.74) is 3.97. The second-order valence-corrected chi connectivity index (χ2v) is 3.95. The van der Waals surface area contributed by atoms with Gasteiger partial charge in [-0.3, -0.25) is 0 Å². The van der Waals surface area contributed by atoms with E-state index < -0.39 is 0 Å². The van der Waals surface area contributed by atoms with Crippen molar-refractivity contribution in [1.29, 1.82) is 0 Å². The van der Waals surface area contributed by atoms with Gasteiger partial charge in [0.15, 0.2) is 0 Å². The molecule has 0 saturated carbocycles. The van der Waals surface area contributed by atoms with Gasteiger partial charge in [-0.15, -0.1) is 0 Å². The highest BCUT2D eigenvalue weighted by atomic mass is 15.3. The van der Waals surface area contributed by atoms with E-state index in [0.717, 1.165) is 12.6 Å². The van der Waals surface area contributed by atoms with E-state index in [2.05, 4.69) is 19.6 Å². The first-order valence-electron chi connectivity index (χ1n) is 5.25. The molecule has 1 atom stereocenters. The molecule has 0 unspecified atom stereocenters. The number of hydrogen-bond acceptors (Lipinski definition) is 0. The fourth-order valence-electron chi connectivity index (χ4n) is 1.98. The minimum absolute atomic E-state index is 0.767. The molecule has 12 heavy (non-hydrogen) atoms. The van der Waals surface area contributed by atoms with Gasteiger partial charge in [-0.05, 0) is 13.8 Å². The predicted octanol–water partition coefficient (Wildman–Crippen LogP) is -3.58. The Hall–Kier alpha value is -0.120. The van der Waals surface area contributed by atoms with Gasteiger partial charge in [0, 0.05) is 0 Å². The normalized spacial score (nSPS) is 33.2. The second-order valence-electron chi connectivity index (χ2n) is 3.95. The molecule has 1 fully saturated rings. The molecule has 0 aromatic heterocycles. The lowest BCUT2D eigenvalue weighted by Gasteiger charge is -2.31. The number of hydrogen-bond donors (Lipinski definition) is 3. The maximum Gasteiger partial charge on any atom is 0.134 e. The monoisotopic (exact) mass is 174 g/mol. The molecule has 0 radical (unpaired) electrons.